The molecule has 8 nitrogen and oxygen atoms in total. The molecule has 0 saturated carbocycles. The summed E-state index contributed by atoms with van der Waals surface area (Å²) >= 11 is 0. The Balaban J connectivity index is 2.43. The molecule has 158 valence electrons. The Morgan fingerprint density at radius 3 is 2.53 bits per heavy atom. The third kappa shape index (κ3) is 5.65. The Hall–Kier alpha value is -3.72. The smallest absolute Gasteiger partial charge is 0.255 e. The Labute approximate surface area is 172 Å². The predicted octanol–water partition coefficient (Wildman–Crippen LogP) is 1.46. The number of benzene rings is 2. The highest BCUT2D eigenvalue weighted by atomic mass is 19.1. The van der Waals surface area contributed by atoms with Crippen LogP contribution in [-0.2, 0) is 4.79 Å². The number of nitrogen functional groups attached to an aromatic ring is 1. The molecule has 0 aliphatic rings. The normalized spacial score (nSPS) is 11.8. The lowest BCUT2D eigenvalue weighted by atomic mass is 10.0. The molecule has 0 heterocycles. The number of hydrogen-bond donors (Lipinski definition) is 5. The molecule has 2 aromatic carbocycles. The van der Waals surface area contributed by atoms with E-state index in [1.165, 1.54) is 37.3 Å². The highest BCUT2D eigenvalue weighted by Crippen LogP contribution is 2.30. The Bertz CT molecular complexity index is 974. The molecule has 0 bridgehead atoms. The maximum Gasteiger partial charge on any atom is 0.255 e. The maximum atomic E-state index is 13.0. The number of primary amides is 1. The van der Waals surface area contributed by atoms with Gasteiger partial charge in [-0.25, -0.2) is 4.39 Å². The van der Waals surface area contributed by atoms with E-state index < -0.39 is 17.9 Å². The number of halogens is 1. The number of rotatable bonds is 9. The zero-order chi connectivity index (χ0) is 22.3. The largest absolute Gasteiger partial charge is 0.490 e. The first-order valence-electron chi connectivity index (χ1n) is 9.03. The van der Waals surface area contributed by atoms with Crippen molar-refractivity contribution in [2.24, 2.45) is 5.73 Å². The molecular weight excluding hydrogens is 391 g/mol. The molecule has 1 atom stereocenters. The number of amides is 2. The van der Waals surface area contributed by atoms with Gasteiger partial charge in [-0.15, -0.1) is 0 Å². The van der Waals surface area contributed by atoms with Gasteiger partial charge in [0.1, 0.15) is 24.2 Å². The zero-order valence-corrected chi connectivity index (χ0v) is 16.3. The third-order valence-corrected chi connectivity index (χ3v) is 4.13. The average Bonchev–Trinajstić information content (AvgIpc) is 2.71. The molecule has 0 radical (unpaired) electrons. The number of aliphatic hydroxyl groups is 1. The number of carbonyl (C=O) groups excluding carboxylic acids is 2. The minimum absolute atomic E-state index is 0.00743. The van der Waals surface area contributed by atoms with E-state index in [9.17, 15) is 14.0 Å². The SMILES string of the molecule is CC(NC(=O)c1ccc(N)c(C(=N)/C=C/c2ccc(F)cc2)c1OCCO)C(N)=O. The molecule has 7 N–H and O–H groups in total. The highest BCUT2D eigenvalue weighted by Gasteiger charge is 2.23. The van der Waals surface area contributed by atoms with Gasteiger partial charge in [-0.05, 0) is 42.8 Å². The standard InChI is InChI=1S/C21H23FN4O4/c1-12(20(25)28)26-21(29)15-7-9-17(24)18(19(15)30-11-10-27)16(23)8-4-13-2-5-14(22)6-3-13/h2-9,12,23,27H,10-11,24H2,1H3,(H2,25,28)(H,26,29)/b8-4+,23-16?. The summed E-state index contributed by atoms with van der Waals surface area (Å²) < 4.78 is 18.6. The predicted molar refractivity (Wildman–Crippen MR) is 112 cm³/mol. The van der Waals surface area contributed by atoms with Crippen LogP contribution in [-0.4, -0.2) is 41.9 Å². The number of aliphatic hydroxyl groups excluding tert-OH is 1. The quantitative estimate of drug-likeness (QED) is 0.311. The number of carbonyl (C=O) groups is 2. The van der Waals surface area contributed by atoms with E-state index in [-0.39, 0.29) is 47.3 Å². The fourth-order valence-corrected chi connectivity index (χ4v) is 2.53. The van der Waals surface area contributed by atoms with Crippen LogP contribution in [0, 0.1) is 11.2 Å². The average molecular weight is 414 g/mol. The van der Waals surface area contributed by atoms with Crippen LogP contribution in [0.2, 0.25) is 0 Å². The van der Waals surface area contributed by atoms with Crippen molar-refractivity contribution in [2.75, 3.05) is 18.9 Å². The van der Waals surface area contributed by atoms with Crippen LogP contribution < -0.4 is 21.5 Å². The number of ether oxygens (including phenoxy) is 1. The van der Waals surface area contributed by atoms with E-state index >= 15 is 0 Å². The molecule has 9 heteroatoms. The Morgan fingerprint density at radius 1 is 1.27 bits per heavy atom. The van der Waals surface area contributed by atoms with Crippen LogP contribution in [0.1, 0.15) is 28.4 Å². The first kappa shape index (κ1) is 22.6. The summed E-state index contributed by atoms with van der Waals surface area (Å²) in [4.78, 5) is 23.9. The highest BCUT2D eigenvalue weighted by molar-refractivity contribution is 6.16. The first-order valence-corrected chi connectivity index (χ1v) is 9.03. The molecule has 1 unspecified atom stereocenters. The lowest BCUT2D eigenvalue weighted by Crippen LogP contribution is -2.42. The number of hydrogen-bond acceptors (Lipinski definition) is 6. The molecule has 0 fully saturated rings. The van der Waals surface area contributed by atoms with E-state index in [0.29, 0.717) is 5.56 Å². The van der Waals surface area contributed by atoms with Crippen LogP contribution in [0.4, 0.5) is 10.1 Å². The first-order chi connectivity index (χ1) is 14.2. The van der Waals surface area contributed by atoms with Crippen molar-refractivity contribution < 1.29 is 23.8 Å². The summed E-state index contributed by atoms with van der Waals surface area (Å²) in [5, 5.41) is 20.0. The lowest BCUT2D eigenvalue weighted by Gasteiger charge is -2.18. The van der Waals surface area contributed by atoms with Gasteiger partial charge in [0.25, 0.3) is 5.91 Å². The van der Waals surface area contributed by atoms with Crippen molar-refractivity contribution in [3.8, 4) is 5.75 Å². The second kappa shape index (κ2) is 10.2. The van der Waals surface area contributed by atoms with Gasteiger partial charge in [0.05, 0.1) is 23.4 Å². The summed E-state index contributed by atoms with van der Waals surface area (Å²) in [5.41, 5.74) is 12.1. The van der Waals surface area contributed by atoms with E-state index in [1.54, 1.807) is 18.2 Å². The van der Waals surface area contributed by atoms with Crippen LogP contribution in [0.15, 0.2) is 42.5 Å². The lowest BCUT2D eigenvalue weighted by molar-refractivity contribution is -0.119. The molecule has 2 amide bonds. The van der Waals surface area contributed by atoms with Crippen LogP contribution in [0.3, 0.4) is 0 Å². The number of allylic oxidation sites excluding steroid dienone is 1. The van der Waals surface area contributed by atoms with Gasteiger partial charge in [0, 0.05) is 5.69 Å². The van der Waals surface area contributed by atoms with Crippen LogP contribution >= 0.6 is 0 Å². The van der Waals surface area contributed by atoms with Crippen molar-refractivity contribution in [1.29, 1.82) is 5.41 Å². The van der Waals surface area contributed by atoms with Gasteiger partial charge in [0.2, 0.25) is 5.91 Å². The molecule has 0 aromatic heterocycles. The fourth-order valence-electron chi connectivity index (χ4n) is 2.53. The van der Waals surface area contributed by atoms with Crippen molar-refractivity contribution in [2.45, 2.75) is 13.0 Å². The number of nitrogens with two attached hydrogens (primary N) is 2. The second-order valence-electron chi connectivity index (χ2n) is 6.37. The number of anilines is 1. The zero-order valence-electron chi connectivity index (χ0n) is 16.3. The van der Waals surface area contributed by atoms with Crippen LogP contribution in [0.5, 0.6) is 5.75 Å². The van der Waals surface area contributed by atoms with E-state index in [0.717, 1.165) is 0 Å². The minimum Gasteiger partial charge on any atom is -0.490 e. The topological polar surface area (TPSA) is 152 Å². The van der Waals surface area contributed by atoms with Crippen molar-refractivity contribution >= 4 is 29.3 Å². The van der Waals surface area contributed by atoms with Crippen molar-refractivity contribution in [1.82, 2.24) is 5.32 Å². The van der Waals surface area contributed by atoms with E-state index in [4.69, 9.17) is 26.7 Å². The second-order valence-corrected chi connectivity index (χ2v) is 6.37. The van der Waals surface area contributed by atoms with Gasteiger partial charge in [-0.1, -0.05) is 18.2 Å². The summed E-state index contributed by atoms with van der Waals surface area (Å²) in [6.07, 6.45) is 3.01. The van der Waals surface area contributed by atoms with Gasteiger partial charge >= 0.3 is 0 Å². The molecule has 0 aliphatic heterocycles. The molecule has 2 aromatic rings. The fraction of sp³-hybridized carbons (Fsp3) is 0.190. The van der Waals surface area contributed by atoms with Gasteiger partial charge in [-0.2, -0.15) is 0 Å². The molecule has 2 rings (SSSR count). The van der Waals surface area contributed by atoms with E-state index in [2.05, 4.69) is 5.32 Å². The van der Waals surface area contributed by atoms with Gasteiger partial charge in [0.15, 0.2) is 0 Å². The van der Waals surface area contributed by atoms with Crippen molar-refractivity contribution in [3.63, 3.8) is 0 Å². The Kier molecular flexibility index (Phi) is 7.65. The summed E-state index contributed by atoms with van der Waals surface area (Å²) in [6.45, 7) is 0.961. The van der Waals surface area contributed by atoms with Crippen LogP contribution in [0.25, 0.3) is 6.08 Å². The monoisotopic (exact) mass is 414 g/mol. The van der Waals surface area contributed by atoms with Gasteiger partial charge in [-0.3, -0.25) is 9.59 Å². The Morgan fingerprint density at radius 2 is 1.93 bits per heavy atom. The summed E-state index contributed by atoms with van der Waals surface area (Å²) in [5.74, 6) is -1.75. The van der Waals surface area contributed by atoms with E-state index in [1.807, 2.05) is 0 Å². The number of nitrogens with one attached hydrogen (secondary N) is 2. The minimum atomic E-state index is -0.929. The summed E-state index contributed by atoms with van der Waals surface area (Å²) in [6, 6.07) is 7.57. The summed E-state index contributed by atoms with van der Waals surface area (Å²) in [7, 11) is 0. The maximum absolute atomic E-state index is 13.0. The molecule has 30 heavy (non-hydrogen) atoms. The third-order valence-electron chi connectivity index (χ3n) is 4.13. The molecular formula is C21H23FN4O4. The molecule has 0 aliphatic carbocycles. The molecule has 0 saturated heterocycles. The van der Waals surface area contributed by atoms with Crippen molar-refractivity contribution in [3.05, 3.63) is 65.0 Å². The molecule has 0 spiro atoms. The van der Waals surface area contributed by atoms with Gasteiger partial charge < -0.3 is 32.0 Å².